The Kier molecular flexibility index (Phi) is 3.51. The summed E-state index contributed by atoms with van der Waals surface area (Å²) in [5.41, 5.74) is 0. The van der Waals surface area contributed by atoms with Gasteiger partial charge in [0.2, 0.25) is 0 Å². The van der Waals surface area contributed by atoms with Crippen molar-refractivity contribution in [3.05, 3.63) is 0 Å². The topological polar surface area (TPSA) is 43.1 Å². The normalized spacial score (nSPS) is 17.4. The van der Waals surface area contributed by atoms with Crippen LogP contribution in [-0.2, 0) is 9.71 Å². The molecule has 2 N–H and O–H groups in total. The fourth-order valence-corrected chi connectivity index (χ4v) is 1.83. The molecule has 0 saturated carbocycles. The molecule has 0 heterocycles. The van der Waals surface area contributed by atoms with Gasteiger partial charge in [-0.1, -0.05) is 0 Å². The molecule has 4 heteroatoms. The zero-order chi connectivity index (χ0) is 6.62. The third-order valence-electron chi connectivity index (χ3n) is 0.566. The number of hydrogen-bond acceptors (Lipinski definition) is 2. The second-order valence-electron chi connectivity index (χ2n) is 1.59. The van der Waals surface area contributed by atoms with Crippen LogP contribution in [0, 0.1) is 0 Å². The van der Waals surface area contributed by atoms with Gasteiger partial charge in [0.05, 0.1) is 0 Å². The third-order valence-corrected chi connectivity index (χ3v) is 2.11. The molecule has 0 aromatic heterocycles. The van der Waals surface area contributed by atoms with E-state index >= 15 is 0 Å². The first kappa shape index (κ1) is 8.33. The highest BCUT2D eigenvalue weighted by Crippen LogP contribution is 1.86. The molecule has 0 bridgehead atoms. The summed E-state index contributed by atoms with van der Waals surface area (Å²) in [6.07, 6.45) is 3.48. The van der Waals surface area contributed by atoms with E-state index < -0.39 is 9.71 Å². The van der Waals surface area contributed by atoms with E-state index in [1.165, 1.54) is 6.26 Å². The van der Waals surface area contributed by atoms with E-state index in [0.29, 0.717) is 0 Å². The molecule has 0 radical (unpaired) electrons. The van der Waals surface area contributed by atoms with Crippen molar-refractivity contribution in [3.63, 3.8) is 0 Å². The average Bonchev–Trinajstić information content (AvgIpc) is 1.59. The van der Waals surface area contributed by atoms with E-state index in [4.69, 9.17) is 5.14 Å². The summed E-state index contributed by atoms with van der Waals surface area (Å²) in [6, 6.07) is 0. The molecule has 0 aliphatic carbocycles. The minimum atomic E-state index is -2.08. The van der Waals surface area contributed by atoms with E-state index in [0.717, 1.165) is 5.75 Å². The van der Waals surface area contributed by atoms with E-state index in [1.54, 1.807) is 17.1 Å². The van der Waals surface area contributed by atoms with E-state index in [9.17, 15) is 4.21 Å². The molecule has 0 saturated heterocycles. The van der Waals surface area contributed by atoms with Gasteiger partial charge in [0.1, 0.15) is 0 Å². The van der Waals surface area contributed by atoms with Gasteiger partial charge in [0.15, 0.2) is 0 Å². The molecule has 1 atom stereocenters. The first-order valence-corrected chi connectivity index (χ1v) is 5.64. The highest BCUT2D eigenvalue weighted by atomic mass is 32.2. The Bertz CT molecular complexity index is 149. The lowest BCUT2D eigenvalue weighted by Gasteiger charge is -1.91. The smallest absolute Gasteiger partial charge is 0.0232 e. The van der Waals surface area contributed by atoms with Crippen LogP contribution in [-0.4, -0.2) is 27.8 Å². The summed E-state index contributed by atoms with van der Waals surface area (Å²) < 4.78 is 10.7. The summed E-state index contributed by atoms with van der Waals surface area (Å²) >= 11 is 1.61. The van der Waals surface area contributed by atoms with Crippen molar-refractivity contribution >= 4 is 26.8 Å². The second-order valence-corrected chi connectivity index (χ2v) is 4.77. The predicted octanol–water partition coefficient (Wildman–Crippen LogP) is -0.0605. The van der Waals surface area contributed by atoms with E-state index in [1.807, 2.05) is 6.26 Å². The molecule has 1 unspecified atom stereocenters. The molecular weight excluding hydrogens is 142 g/mol. The largest absolute Gasteiger partial charge is 0.260 e. The molecule has 2 nitrogen and oxygen atoms in total. The Morgan fingerprint density at radius 2 is 2.38 bits per heavy atom. The standard InChI is InChI=1S/C4H11NOS2/c1-7-3-4-8(2,5)6/h4H,3H2,1-2H3,(H2,5,6). The van der Waals surface area contributed by atoms with Gasteiger partial charge in [0, 0.05) is 21.7 Å². The maximum absolute atomic E-state index is 10.7. The van der Waals surface area contributed by atoms with Crippen LogP contribution in [0.5, 0.6) is 0 Å². The molecule has 0 fully saturated rings. The molecule has 0 aromatic rings. The molecule has 0 aliphatic heterocycles. The molecule has 0 spiro atoms. The van der Waals surface area contributed by atoms with Crippen LogP contribution in [0.2, 0.25) is 0 Å². The van der Waals surface area contributed by atoms with Crippen LogP contribution in [0.15, 0.2) is 0 Å². The molecule has 0 amide bonds. The van der Waals surface area contributed by atoms with Crippen molar-refractivity contribution in [2.75, 3.05) is 18.3 Å². The molecule has 0 aliphatic rings. The predicted molar refractivity (Wildman–Crippen MR) is 42.7 cm³/mol. The maximum Gasteiger partial charge on any atom is 0.0232 e. The summed E-state index contributed by atoms with van der Waals surface area (Å²) in [6.45, 7) is 0. The summed E-state index contributed by atoms with van der Waals surface area (Å²) in [5.74, 6) is 0.770. The van der Waals surface area contributed by atoms with Gasteiger partial charge in [-0.3, -0.25) is 9.35 Å². The molecule has 50 valence electrons. The van der Waals surface area contributed by atoms with Gasteiger partial charge in [-0.05, 0) is 11.6 Å². The van der Waals surface area contributed by atoms with Gasteiger partial charge in [-0.15, -0.1) is 0 Å². The lowest BCUT2D eigenvalue weighted by Crippen LogP contribution is -2.13. The highest BCUT2D eigenvalue weighted by Gasteiger charge is 1.83. The molecule has 8 heavy (non-hydrogen) atoms. The number of thioether (sulfide) groups is 1. The van der Waals surface area contributed by atoms with Crippen LogP contribution in [0.25, 0.3) is 0 Å². The zero-order valence-corrected chi connectivity index (χ0v) is 6.72. The lowest BCUT2D eigenvalue weighted by atomic mass is 11.0. The molecule has 0 rings (SSSR count). The SMILES string of the molecule is CSCC=S(C)(N)=O. The van der Waals surface area contributed by atoms with Crippen LogP contribution in [0.4, 0.5) is 0 Å². The first-order valence-electron chi connectivity index (χ1n) is 2.15. The summed E-state index contributed by atoms with van der Waals surface area (Å²) in [7, 11) is -2.08. The van der Waals surface area contributed by atoms with Gasteiger partial charge in [-0.25, -0.2) is 0 Å². The number of hydrogen-bond donors (Lipinski definition) is 1. The highest BCUT2D eigenvalue weighted by molar-refractivity contribution is 8.03. The van der Waals surface area contributed by atoms with Crippen molar-refractivity contribution in [3.8, 4) is 0 Å². The maximum atomic E-state index is 10.7. The van der Waals surface area contributed by atoms with Gasteiger partial charge < -0.3 is 0 Å². The van der Waals surface area contributed by atoms with Crippen molar-refractivity contribution in [1.29, 1.82) is 0 Å². The molecule has 0 aromatic carbocycles. The molecular formula is C4H11NOS2. The Balaban J connectivity index is 3.78. The fourth-order valence-electron chi connectivity index (χ4n) is 0.203. The van der Waals surface area contributed by atoms with Crippen LogP contribution >= 0.6 is 11.8 Å². The quantitative estimate of drug-likeness (QED) is 0.565. The minimum Gasteiger partial charge on any atom is -0.260 e. The van der Waals surface area contributed by atoms with E-state index in [-0.39, 0.29) is 0 Å². The monoisotopic (exact) mass is 153 g/mol. The Labute approximate surface area is 55.0 Å². The van der Waals surface area contributed by atoms with Gasteiger partial charge in [0.25, 0.3) is 0 Å². The number of nitrogens with two attached hydrogens (primary N) is 1. The Morgan fingerprint density at radius 3 is 2.50 bits per heavy atom. The van der Waals surface area contributed by atoms with E-state index in [2.05, 4.69) is 0 Å². The van der Waals surface area contributed by atoms with Crippen molar-refractivity contribution in [2.45, 2.75) is 0 Å². The zero-order valence-electron chi connectivity index (χ0n) is 5.09. The van der Waals surface area contributed by atoms with Crippen LogP contribution in [0.3, 0.4) is 0 Å². The minimum absolute atomic E-state index is 0.770. The lowest BCUT2D eigenvalue weighted by molar-refractivity contribution is 0.686. The fraction of sp³-hybridized carbons (Fsp3) is 0.750. The summed E-state index contributed by atoms with van der Waals surface area (Å²) in [5, 5.41) is 6.82. The van der Waals surface area contributed by atoms with Gasteiger partial charge in [-0.2, -0.15) is 11.8 Å². The van der Waals surface area contributed by atoms with Crippen molar-refractivity contribution in [1.82, 2.24) is 0 Å². The Hall–Kier alpha value is 0.330. The third kappa shape index (κ3) is 6.33. The summed E-state index contributed by atoms with van der Waals surface area (Å²) in [4.78, 5) is 0. The van der Waals surface area contributed by atoms with Crippen molar-refractivity contribution in [2.24, 2.45) is 5.14 Å². The Morgan fingerprint density at radius 1 is 1.88 bits per heavy atom. The van der Waals surface area contributed by atoms with Crippen molar-refractivity contribution < 1.29 is 4.21 Å². The van der Waals surface area contributed by atoms with Gasteiger partial charge >= 0.3 is 0 Å². The van der Waals surface area contributed by atoms with Crippen LogP contribution < -0.4 is 5.14 Å². The first-order chi connectivity index (χ1) is 3.56. The average molecular weight is 153 g/mol. The van der Waals surface area contributed by atoms with Crippen LogP contribution in [0.1, 0.15) is 0 Å². The second kappa shape index (κ2) is 3.37. The number of rotatable bonds is 2.